The topological polar surface area (TPSA) is 115 Å². The van der Waals surface area contributed by atoms with E-state index >= 15 is 0 Å². The van der Waals surface area contributed by atoms with Crippen LogP contribution in [-0.4, -0.2) is 45.6 Å². The Morgan fingerprint density at radius 1 is 0.769 bits per heavy atom. The largest absolute Gasteiger partial charge is 0.478 e. The van der Waals surface area contributed by atoms with Gasteiger partial charge in [-0.1, -0.05) is 26.0 Å². The maximum atomic E-state index is 9.60. The van der Waals surface area contributed by atoms with Gasteiger partial charge in [-0.15, -0.1) is 0 Å². The first kappa shape index (κ1) is 24.3. The van der Waals surface area contributed by atoms with E-state index in [1.807, 2.05) is 0 Å². The Labute approximate surface area is 156 Å². The zero-order valence-corrected chi connectivity index (χ0v) is 16.1. The molecule has 2 aliphatic rings. The van der Waals surface area contributed by atoms with Gasteiger partial charge in [0.05, 0.1) is 13.2 Å². The molecule has 150 valence electrons. The number of aliphatic carboxylic acids is 2. The van der Waals surface area contributed by atoms with E-state index in [4.69, 9.17) is 10.2 Å². The first-order chi connectivity index (χ1) is 12.0. The molecule has 0 amide bonds. The summed E-state index contributed by atoms with van der Waals surface area (Å²) < 4.78 is 0. The van der Waals surface area contributed by atoms with Crippen molar-refractivity contribution in [2.75, 3.05) is 13.2 Å². The zero-order valence-electron chi connectivity index (χ0n) is 16.1. The highest BCUT2D eigenvalue weighted by Gasteiger charge is 2.43. The standard InChI is InChI=1S/C12H22O2.2C4H6O2/c13-9-12(10-14)7-5-11(6-8-12)3-1-2-4-11;2*1-3(2)4(5)6/h13-14H,1-10H2;2*1H2,2H3,(H,5,6). The summed E-state index contributed by atoms with van der Waals surface area (Å²) in [5.41, 5.74) is 0.812. The van der Waals surface area contributed by atoms with Gasteiger partial charge in [-0.05, 0) is 57.8 Å². The normalized spacial score (nSPS) is 19.4. The Bertz CT molecular complexity index is 432. The summed E-state index contributed by atoms with van der Waals surface area (Å²) in [6, 6.07) is 0. The van der Waals surface area contributed by atoms with Gasteiger partial charge in [-0.2, -0.15) is 0 Å². The van der Waals surface area contributed by atoms with Gasteiger partial charge in [-0.3, -0.25) is 0 Å². The van der Waals surface area contributed by atoms with E-state index in [2.05, 4.69) is 13.2 Å². The molecule has 0 aliphatic heterocycles. The molecule has 0 heterocycles. The first-order valence-corrected chi connectivity index (χ1v) is 9.02. The van der Waals surface area contributed by atoms with Crippen molar-refractivity contribution in [2.24, 2.45) is 10.8 Å². The van der Waals surface area contributed by atoms with Gasteiger partial charge >= 0.3 is 11.9 Å². The second-order valence-electron chi connectivity index (χ2n) is 7.69. The van der Waals surface area contributed by atoms with E-state index in [-0.39, 0.29) is 29.8 Å². The molecule has 0 radical (unpaired) electrons. The van der Waals surface area contributed by atoms with Crippen molar-refractivity contribution in [1.82, 2.24) is 0 Å². The summed E-state index contributed by atoms with van der Waals surface area (Å²) in [6.07, 6.45) is 10.1. The quantitative estimate of drug-likeness (QED) is 0.564. The van der Waals surface area contributed by atoms with E-state index in [1.165, 1.54) is 52.4 Å². The third kappa shape index (κ3) is 8.15. The molecule has 2 fully saturated rings. The number of aliphatic hydroxyl groups is 2. The van der Waals surface area contributed by atoms with Crippen LogP contribution in [0, 0.1) is 10.8 Å². The highest BCUT2D eigenvalue weighted by atomic mass is 16.4. The molecule has 0 aromatic carbocycles. The summed E-state index contributed by atoms with van der Waals surface area (Å²) in [6.45, 7) is 9.54. The Morgan fingerprint density at radius 3 is 1.31 bits per heavy atom. The molecule has 4 N–H and O–H groups in total. The Hall–Kier alpha value is -1.66. The van der Waals surface area contributed by atoms with Crippen molar-refractivity contribution in [3.63, 3.8) is 0 Å². The number of carboxylic acid groups (broad SMARTS) is 2. The zero-order chi connectivity index (χ0) is 20.4. The smallest absolute Gasteiger partial charge is 0.330 e. The van der Waals surface area contributed by atoms with Gasteiger partial charge in [0.2, 0.25) is 0 Å². The lowest BCUT2D eigenvalue weighted by atomic mass is 9.63. The average molecular weight is 370 g/mol. The van der Waals surface area contributed by atoms with Crippen LogP contribution >= 0.6 is 0 Å². The highest BCUT2D eigenvalue weighted by molar-refractivity contribution is 5.85. The maximum Gasteiger partial charge on any atom is 0.330 e. The Kier molecular flexibility index (Phi) is 10.4. The third-order valence-corrected chi connectivity index (χ3v) is 5.44. The number of carbonyl (C=O) groups is 2. The number of aliphatic hydroxyl groups excluding tert-OH is 2. The van der Waals surface area contributed by atoms with Crippen molar-refractivity contribution >= 4 is 11.9 Å². The average Bonchev–Trinajstić information content (AvgIpc) is 3.05. The molecule has 26 heavy (non-hydrogen) atoms. The molecule has 0 aromatic heterocycles. The van der Waals surface area contributed by atoms with Gasteiger partial charge < -0.3 is 20.4 Å². The van der Waals surface area contributed by atoms with Crippen molar-refractivity contribution in [1.29, 1.82) is 0 Å². The van der Waals surface area contributed by atoms with Gasteiger partial charge in [-0.25, -0.2) is 9.59 Å². The van der Waals surface area contributed by atoms with E-state index < -0.39 is 11.9 Å². The van der Waals surface area contributed by atoms with Crippen LogP contribution in [0.25, 0.3) is 0 Å². The van der Waals surface area contributed by atoms with Crippen LogP contribution in [0.2, 0.25) is 0 Å². The second-order valence-corrected chi connectivity index (χ2v) is 7.69. The lowest BCUT2D eigenvalue weighted by Crippen LogP contribution is -2.38. The van der Waals surface area contributed by atoms with Crippen LogP contribution in [0.1, 0.15) is 65.2 Å². The summed E-state index contributed by atoms with van der Waals surface area (Å²) in [5.74, 6) is -1.87. The fourth-order valence-corrected chi connectivity index (χ4v) is 3.30. The predicted molar refractivity (Wildman–Crippen MR) is 101 cm³/mol. The molecule has 0 saturated heterocycles. The molecule has 6 nitrogen and oxygen atoms in total. The number of carboxylic acids is 2. The summed E-state index contributed by atoms with van der Waals surface area (Å²) in [7, 11) is 0. The summed E-state index contributed by atoms with van der Waals surface area (Å²) in [4.78, 5) is 19.2. The molecule has 6 heteroatoms. The first-order valence-electron chi connectivity index (χ1n) is 9.02. The minimum Gasteiger partial charge on any atom is -0.478 e. The van der Waals surface area contributed by atoms with Crippen LogP contribution in [0.4, 0.5) is 0 Å². The molecule has 0 bridgehead atoms. The van der Waals surface area contributed by atoms with Gasteiger partial charge in [0.15, 0.2) is 0 Å². The fraction of sp³-hybridized carbons (Fsp3) is 0.700. The van der Waals surface area contributed by atoms with Crippen molar-refractivity contribution in [3.8, 4) is 0 Å². The molecule has 0 atom stereocenters. The SMILES string of the molecule is C=C(C)C(=O)O.C=C(C)C(=O)O.OCC1(CO)CCC2(CCCC2)CC1. The van der Waals surface area contributed by atoms with Crippen LogP contribution in [0.5, 0.6) is 0 Å². The minimum atomic E-state index is -0.935. The Balaban J connectivity index is 0.000000437. The monoisotopic (exact) mass is 370 g/mol. The molecule has 0 unspecified atom stereocenters. The molecule has 2 aliphatic carbocycles. The van der Waals surface area contributed by atoms with Crippen LogP contribution in [-0.2, 0) is 9.59 Å². The molecular weight excluding hydrogens is 336 g/mol. The molecule has 0 aromatic rings. The van der Waals surface area contributed by atoms with Gasteiger partial charge in [0, 0.05) is 16.6 Å². The minimum absolute atomic E-state index is 0.145. The van der Waals surface area contributed by atoms with Crippen LogP contribution in [0.15, 0.2) is 24.3 Å². The second kappa shape index (κ2) is 11.1. The summed E-state index contributed by atoms with van der Waals surface area (Å²) >= 11 is 0. The fourth-order valence-electron chi connectivity index (χ4n) is 3.30. The van der Waals surface area contributed by atoms with Crippen molar-refractivity contribution < 1.29 is 30.0 Å². The lowest BCUT2D eigenvalue weighted by Gasteiger charge is -2.43. The number of rotatable bonds is 4. The lowest BCUT2D eigenvalue weighted by molar-refractivity contribution is -0.133. The van der Waals surface area contributed by atoms with Gasteiger partial charge in [0.25, 0.3) is 0 Å². The van der Waals surface area contributed by atoms with E-state index in [0.29, 0.717) is 5.41 Å². The number of hydrogen-bond acceptors (Lipinski definition) is 4. The summed E-state index contributed by atoms with van der Waals surface area (Å²) in [5, 5.41) is 34.4. The molecule has 2 rings (SSSR count). The third-order valence-electron chi connectivity index (χ3n) is 5.44. The van der Waals surface area contributed by atoms with E-state index in [1.54, 1.807) is 0 Å². The van der Waals surface area contributed by atoms with Gasteiger partial charge in [0.1, 0.15) is 0 Å². The maximum absolute atomic E-state index is 9.60. The Morgan fingerprint density at radius 2 is 1.08 bits per heavy atom. The highest BCUT2D eigenvalue weighted by Crippen LogP contribution is 2.53. The number of hydrogen-bond donors (Lipinski definition) is 4. The van der Waals surface area contributed by atoms with Crippen LogP contribution < -0.4 is 0 Å². The van der Waals surface area contributed by atoms with Crippen molar-refractivity contribution in [3.05, 3.63) is 24.3 Å². The van der Waals surface area contributed by atoms with E-state index in [9.17, 15) is 19.8 Å². The van der Waals surface area contributed by atoms with Crippen molar-refractivity contribution in [2.45, 2.75) is 65.2 Å². The van der Waals surface area contributed by atoms with Crippen LogP contribution in [0.3, 0.4) is 0 Å². The predicted octanol–water partition coefficient (Wildman–Crippen LogP) is 3.39. The molecule has 2 saturated carbocycles. The molecular formula is C20H34O6. The molecule has 1 spiro atoms. The van der Waals surface area contributed by atoms with E-state index in [0.717, 1.165) is 12.8 Å².